The van der Waals surface area contributed by atoms with E-state index >= 15 is 0 Å². The number of rotatable bonds is 7. The first-order valence-electron chi connectivity index (χ1n) is 6.71. The van der Waals surface area contributed by atoms with Gasteiger partial charge in [-0.15, -0.1) is 12.4 Å². The largest absolute Gasteiger partial charge is 0.348 e. The van der Waals surface area contributed by atoms with Gasteiger partial charge in [-0.3, -0.25) is 4.79 Å². The van der Waals surface area contributed by atoms with Crippen LogP contribution in [0.3, 0.4) is 0 Å². The third-order valence-electron chi connectivity index (χ3n) is 3.33. The number of carbonyl (C=O) groups excluding carboxylic acids is 1. The highest BCUT2D eigenvalue weighted by Crippen LogP contribution is 2.27. The van der Waals surface area contributed by atoms with Crippen molar-refractivity contribution in [3.8, 4) is 0 Å². The normalized spacial score (nSPS) is 11.8. The molecule has 1 rings (SSSR count). The zero-order valence-corrected chi connectivity index (χ0v) is 12.8. The maximum absolute atomic E-state index is 11.8. The topological polar surface area (TPSA) is 41.1 Å². The summed E-state index contributed by atoms with van der Waals surface area (Å²) < 4.78 is 0. The number of likely N-dealkylation sites (N-methyl/N-ethyl adjacent to an activating group) is 1. The summed E-state index contributed by atoms with van der Waals surface area (Å²) in [7, 11) is 1.79. The van der Waals surface area contributed by atoms with Crippen LogP contribution in [0.2, 0.25) is 0 Å². The summed E-state index contributed by atoms with van der Waals surface area (Å²) in [6.45, 7) is 4.71. The average molecular weight is 285 g/mol. The minimum atomic E-state index is 0. The monoisotopic (exact) mass is 284 g/mol. The Morgan fingerprint density at radius 3 is 2.21 bits per heavy atom. The Kier molecular flexibility index (Phi) is 9.27. The SMILES string of the molecule is CCC(CC)C(NC(=O)CNC)c1ccccc1.Cl. The highest BCUT2D eigenvalue weighted by Gasteiger charge is 2.21. The fraction of sp³-hybridized carbons (Fsp3) is 0.533. The Bertz CT molecular complexity index is 352. The van der Waals surface area contributed by atoms with Gasteiger partial charge in [-0.05, 0) is 18.5 Å². The molecule has 3 nitrogen and oxygen atoms in total. The minimum Gasteiger partial charge on any atom is -0.348 e. The highest BCUT2D eigenvalue weighted by atomic mass is 35.5. The van der Waals surface area contributed by atoms with Gasteiger partial charge in [0.15, 0.2) is 0 Å². The van der Waals surface area contributed by atoms with Gasteiger partial charge in [-0.2, -0.15) is 0 Å². The summed E-state index contributed by atoms with van der Waals surface area (Å²) in [5.74, 6) is 0.534. The molecule has 0 aromatic heterocycles. The van der Waals surface area contributed by atoms with Crippen molar-refractivity contribution in [1.82, 2.24) is 10.6 Å². The molecular weight excluding hydrogens is 260 g/mol. The van der Waals surface area contributed by atoms with Gasteiger partial charge >= 0.3 is 0 Å². The van der Waals surface area contributed by atoms with Crippen LogP contribution in [0.25, 0.3) is 0 Å². The lowest BCUT2D eigenvalue weighted by molar-refractivity contribution is -0.121. The first-order chi connectivity index (χ1) is 8.72. The molecule has 1 aromatic rings. The molecule has 0 aliphatic rings. The van der Waals surface area contributed by atoms with E-state index in [-0.39, 0.29) is 24.4 Å². The van der Waals surface area contributed by atoms with Crippen LogP contribution in [0.4, 0.5) is 0 Å². The molecule has 1 amide bonds. The number of benzene rings is 1. The van der Waals surface area contributed by atoms with E-state index in [0.29, 0.717) is 12.5 Å². The number of hydrogen-bond donors (Lipinski definition) is 2. The molecule has 2 N–H and O–H groups in total. The van der Waals surface area contributed by atoms with Crippen LogP contribution in [0.1, 0.15) is 38.3 Å². The summed E-state index contributed by atoms with van der Waals surface area (Å²) in [5.41, 5.74) is 1.19. The molecule has 0 aliphatic carbocycles. The maximum Gasteiger partial charge on any atom is 0.234 e. The van der Waals surface area contributed by atoms with Gasteiger partial charge in [0, 0.05) is 0 Å². The number of nitrogens with one attached hydrogen (secondary N) is 2. The van der Waals surface area contributed by atoms with Crippen molar-refractivity contribution in [3.63, 3.8) is 0 Å². The predicted molar refractivity (Wildman–Crippen MR) is 82.6 cm³/mol. The van der Waals surface area contributed by atoms with E-state index in [1.54, 1.807) is 7.05 Å². The van der Waals surface area contributed by atoms with Crippen molar-refractivity contribution in [2.75, 3.05) is 13.6 Å². The van der Waals surface area contributed by atoms with Crippen LogP contribution in [0.5, 0.6) is 0 Å². The van der Waals surface area contributed by atoms with Gasteiger partial charge in [-0.1, -0.05) is 57.0 Å². The predicted octanol–water partition coefficient (Wildman–Crippen LogP) is 2.92. The van der Waals surface area contributed by atoms with Crippen LogP contribution in [-0.2, 0) is 4.79 Å². The highest BCUT2D eigenvalue weighted by molar-refractivity contribution is 5.85. The van der Waals surface area contributed by atoms with E-state index in [0.717, 1.165) is 12.8 Å². The molecule has 1 atom stereocenters. The van der Waals surface area contributed by atoms with E-state index in [1.807, 2.05) is 18.2 Å². The molecule has 0 heterocycles. The van der Waals surface area contributed by atoms with Gasteiger partial charge in [-0.25, -0.2) is 0 Å². The lowest BCUT2D eigenvalue weighted by Gasteiger charge is -2.27. The molecule has 0 saturated carbocycles. The van der Waals surface area contributed by atoms with Gasteiger partial charge in [0.2, 0.25) is 5.91 Å². The van der Waals surface area contributed by atoms with Crippen LogP contribution >= 0.6 is 12.4 Å². The second-order valence-electron chi connectivity index (χ2n) is 4.56. The van der Waals surface area contributed by atoms with E-state index < -0.39 is 0 Å². The quantitative estimate of drug-likeness (QED) is 0.808. The number of amides is 1. The second-order valence-corrected chi connectivity index (χ2v) is 4.56. The third kappa shape index (κ3) is 5.62. The Balaban J connectivity index is 0.00000324. The number of hydrogen-bond acceptors (Lipinski definition) is 2. The number of halogens is 1. The van der Waals surface area contributed by atoms with Crippen LogP contribution in [-0.4, -0.2) is 19.5 Å². The molecule has 0 fully saturated rings. The average Bonchev–Trinajstić information content (AvgIpc) is 2.40. The first-order valence-corrected chi connectivity index (χ1v) is 6.71. The fourth-order valence-electron chi connectivity index (χ4n) is 2.28. The lowest BCUT2D eigenvalue weighted by Crippen LogP contribution is -2.38. The summed E-state index contributed by atoms with van der Waals surface area (Å²) in [6, 6.07) is 10.3. The van der Waals surface area contributed by atoms with Crippen LogP contribution in [0.15, 0.2) is 30.3 Å². The second kappa shape index (κ2) is 9.82. The van der Waals surface area contributed by atoms with Crippen molar-refractivity contribution in [2.45, 2.75) is 32.7 Å². The maximum atomic E-state index is 11.8. The zero-order chi connectivity index (χ0) is 13.4. The number of carbonyl (C=O) groups is 1. The molecule has 108 valence electrons. The molecule has 1 aromatic carbocycles. The Morgan fingerprint density at radius 2 is 1.74 bits per heavy atom. The van der Waals surface area contributed by atoms with E-state index in [1.165, 1.54) is 5.56 Å². The molecule has 0 radical (unpaired) electrons. The van der Waals surface area contributed by atoms with Crippen molar-refractivity contribution < 1.29 is 4.79 Å². The Labute approximate surface area is 122 Å². The molecule has 4 heteroatoms. The van der Waals surface area contributed by atoms with E-state index in [9.17, 15) is 4.79 Å². The molecular formula is C15H25ClN2O. The Hall–Kier alpha value is -1.06. The molecule has 19 heavy (non-hydrogen) atoms. The zero-order valence-electron chi connectivity index (χ0n) is 12.0. The van der Waals surface area contributed by atoms with Crippen LogP contribution in [0, 0.1) is 5.92 Å². The smallest absolute Gasteiger partial charge is 0.234 e. The summed E-state index contributed by atoms with van der Waals surface area (Å²) in [6.07, 6.45) is 2.13. The summed E-state index contributed by atoms with van der Waals surface area (Å²) in [4.78, 5) is 11.8. The van der Waals surface area contributed by atoms with Crippen molar-refractivity contribution in [3.05, 3.63) is 35.9 Å². The Morgan fingerprint density at radius 1 is 1.16 bits per heavy atom. The molecule has 0 spiro atoms. The summed E-state index contributed by atoms with van der Waals surface area (Å²) >= 11 is 0. The van der Waals surface area contributed by atoms with Gasteiger partial charge in [0.25, 0.3) is 0 Å². The molecule has 0 saturated heterocycles. The van der Waals surface area contributed by atoms with Gasteiger partial charge in [0.05, 0.1) is 12.6 Å². The fourth-order valence-corrected chi connectivity index (χ4v) is 2.28. The minimum absolute atomic E-state index is 0. The van der Waals surface area contributed by atoms with Gasteiger partial charge < -0.3 is 10.6 Å². The van der Waals surface area contributed by atoms with Gasteiger partial charge in [0.1, 0.15) is 0 Å². The van der Waals surface area contributed by atoms with Crippen molar-refractivity contribution >= 4 is 18.3 Å². The van der Waals surface area contributed by atoms with Crippen molar-refractivity contribution in [1.29, 1.82) is 0 Å². The van der Waals surface area contributed by atoms with E-state index in [4.69, 9.17) is 0 Å². The molecule has 1 unspecified atom stereocenters. The standard InChI is InChI=1S/C15H24N2O.ClH/c1-4-12(5-2)15(17-14(18)11-16-3)13-9-7-6-8-10-13;/h6-10,12,15-16H,4-5,11H2,1-3H3,(H,17,18);1H. The van der Waals surface area contributed by atoms with Crippen LogP contribution < -0.4 is 10.6 Å². The molecule has 0 aliphatic heterocycles. The third-order valence-corrected chi connectivity index (χ3v) is 3.33. The molecule has 0 bridgehead atoms. The first kappa shape index (κ1) is 17.9. The lowest BCUT2D eigenvalue weighted by atomic mass is 9.89. The van der Waals surface area contributed by atoms with E-state index in [2.05, 4.69) is 36.6 Å². The van der Waals surface area contributed by atoms with Crippen molar-refractivity contribution in [2.24, 2.45) is 5.92 Å². The summed E-state index contributed by atoms with van der Waals surface area (Å²) in [5, 5.41) is 6.02.